The molecule has 0 aliphatic heterocycles. The molecule has 84 valence electrons. The third-order valence-corrected chi connectivity index (χ3v) is 1.95. The quantitative estimate of drug-likeness (QED) is 0.707. The van der Waals surface area contributed by atoms with E-state index in [4.69, 9.17) is 15.9 Å². The van der Waals surface area contributed by atoms with E-state index < -0.39 is 30.1 Å². The number of aliphatic hydroxyl groups excluding tert-OH is 1. The van der Waals surface area contributed by atoms with Gasteiger partial charge in [0, 0.05) is 0 Å². The second-order valence-corrected chi connectivity index (χ2v) is 3.06. The Labute approximate surface area is 84.0 Å². The monoisotopic (exact) mass is 221 g/mol. The Bertz CT molecular complexity index is 352. The van der Waals surface area contributed by atoms with Crippen molar-refractivity contribution in [3.63, 3.8) is 0 Å². The van der Waals surface area contributed by atoms with Gasteiger partial charge >= 0.3 is 6.18 Å². The van der Waals surface area contributed by atoms with E-state index in [1.807, 2.05) is 0 Å². The molecule has 0 saturated carbocycles. The lowest BCUT2D eigenvalue weighted by Gasteiger charge is -2.13. The van der Waals surface area contributed by atoms with Gasteiger partial charge in [0.1, 0.15) is 5.75 Å². The first-order valence-corrected chi connectivity index (χ1v) is 4.13. The van der Waals surface area contributed by atoms with E-state index in [9.17, 15) is 13.2 Å². The van der Waals surface area contributed by atoms with Crippen LogP contribution in [-0.2, 0) is 6.18 Å². The number of alkyl halides is 3. The molecule has 1 unspecified atom stereocenters. The maximum absolute atomic E-state index is 12.3. The fourth-order valence-electron chi connectivity index (χ4n) is 1.12. The molecular formula is C9H10F3NO2. The summed E-state index contributed by atoms with van der Waals surface area (Å²) in [6.45, 7) is -0.456. The Morgan fingerprint density at radius 3 is 2.40 bits per heavy atom. The van der Waals surface area contributed by atoms with Crippen molar-refractivity contribution in [2.24, 2.45) is 5.73 Å². The van der Waals surface area contributed by atoms with Crippen LogP contribution < -0.4 is 5.73 Å². The second-order valence-electron chi connectivity index (χ2n) is 3.06. The predicted octanol–water partition coefficient (Wildman–Crippen LogP) is 1.40. The van der Waals surface area contributed by atoms with Crippen LogP contribution in [0, 0.1) is 0 Å². The average molecular weight is 221 g/mol. The minimum absolute atomic E-state index is 0.127. The number of aliphatic hydroxyl groups is 1. The Morgan fingerprint density at radius 1 is 1.33 bits per heavy atom. The molecule has 0 saturated heterocycles. The number of phenols is 1. The van der Waals surface area contributed by atoms with E-state index >= 15 is 0 Å². The van der Waals surface area contributed by atoms with Gasteiger partial charge in [0.2, 0.25) is 0 Å². The second kappa shape index (κ2) is 4.08. The highest BCUT2D eigenvalue weighted by Crippen LogP contribution is 2.36. The Balaban J connectivity index is 3.17. The van der Waals surface area contributed by atoms with Crippen LogP contribution in [0.15, 0.2) is 18.2 Å². The van der Waals surface area contributed by atoms with Crippen LogP contribution in [0.5, 0.6) is 5.75 Å². The molecule has 0 fully saturated rings. The molecule has 0 aliphatic carbocycles. The van der Waals surface area contributed by atoms with Crippen molar-refractivity contribution in [3.05, 3.63) is 29.3 Å². The van der Waals surface area contributed by atoms with Crippen LogP contribution in [-0.4, -0.2) is 16.8 Å². The summed E-state index contributed by atoms with van der Waals surface area (Å²) in [5, 5.41) is 17.7. The zero-order valence-corrected chi connectivity index (χ0v) is 7.62. The van der Waals surface area contributed by atoms with Gasteiger partial charge in [0.15, 0.2) is 0 Å². The smallest absolute Gasteiger partial charge is 0.419 e. The summed E-state index contributed by atoms with van der Waals surface area (Å²) in [5.74, 6) is -0.851. The summed E-state index contributed by atoms with van der Waals surface area (Å²) < 4.78 is 37.0. The molecule has 4 N–H and O–H groups in total. The maximum atomic E-state index is 12.3. The average Bonchev–Trinajstić information content (AvgIpc) is 2.15. The Kier molecular flexibility index (Phi) is 3.21. The van der Waals surface area contributed by atoms with Crippen LogP contribution in [0.25, 0.3) is 0 Å². The van der Waals surface area contributed by atoms with E-state index in [1.54, 1.807) is 0 Å². The number of hydrogen-bond acceptors (Lipinski definition) is 3. The van der Waals surface area contributed by atoms with E-state index in [-0.39, 0.29) is 5.56 Å². The Morgan fingerprint density at radius 2 is 1.93 bits per heavy atom. The summed E-state index contributed by atoms with van der Waals surface area (Å²) in [5.41, 5.74) is 4.34. The van der Waals surface area contributed by atoms with Gasteiger partial charge in [-0.2, -0.15) is 13.2 Å². The van der Waals surface area contributed by atoms with Gasteiger partial charge in [-0.05, 0) is 17.7 Å². The number of hydrogen-bond donors (Lipinski definition) is 3. The first kappa shape index (κ1) is 11.8. The molecule has 15 heavy (non-hydrogen) atoms. The van der Waals surface area contributed by atoms with E-state index in [1.165, 1.54) is 6.07 Å². The highest BCUT2D eigenvalue weighted by atomic mass is 19.4. The fraction of sp³-hybridized carbons (Fsp3) is 0.333. The molecule has 0 heterocycles. The summed E-state index contributed by atoms with van der Waals surface area (Å²) in [6.07, 6.45) is -4.63. The van der Waals surface area contributed by atoms with Gasteiger partial charge < -0.3 is 15.9 Å². The van der Waals surface area contributed by atoms with Gasteiger partial charge in [-0.1, -0.05) is 6.07 Å². The molecule has 0 aromatic heterocycles. The third-order valence-electron chi connectivity index (χ3n) is 1.95. The maximum Gasteiger partial charge on any atom is 0.419 e. The molecule has 0 bridgehead atoms. The minimum atomic E-state index is -4.63. The molecule has 0 spiro atoms. The summed E-state index contributed by atoms with van der Waals surface area (Å²) >= 11 is 0. The van der Waals surface area contributed by atoms with Crippen molar-refractivity contribution < 1.29 is 23.4 Å². The number of rotatable bonds is 2. The number of halogens is 3. The molecule has 1 rings (SSSR count). The number of aromatic hydroxyl groups is 1. The molecule has 6 heteroatoms. The van der Waals surface area contributed by atoms with E-state index in [0.717, 1.165) is 12.1 Å². The zero-order valence-electron chi connectivity index (χ0n) is 7.62. The fourth-order valence-corrected chi connectivity index (χ4v) is 1.12. The van der Waals surface area contributed by atoms with Crippen molar-refractivity contribution in [1.29, 1.82) is 0 Å². The summed E-state index contributed by atoms with van der Waals surface area (Å²) in [6, 6.07) is 2.00. The molecular weight excluding hydrogens is 211 g/mol. The number of nitrogens with two attached hydrogens (primary N) is 1. The van der Waals surface area contributed by atoms with Crippen molar-refractivity contribution in [2.45, 2.75) is 12.2 Å². The highest BCUT2D eigenvalue weighted by Gasteiger charge is 2.34. The molecule has 0 amide bonds. The first-order chi connectivity index (χ1) is 6.86. The Hall–Kier alpha value is -1.27. The highest BCUT2D eigenvalue weighted by molar-refractivity contribution is 5.39. The van der Waals surface area contributed by atoms with Crippen molar-refractivity contribution >= 4 is 0 Å². The van der Waals surface area contributed by atoms with Crippen LogP contribution >= 0.6 is 0 Å². The van der Waals surface area contributed by atoms with E-state index in [0.29, 0.717) is 0 Å². The van der Waals surface area contributed by atoms with Crippen LogP contribution in [0.3, 0.4) is 0 Å². The topological polar surface area (TPSA) is 66.5 Å². The largest absolute Gasteiger partial charge is 0.507 e. The van der Waals surface area contributed by atoms with Gasteiger partial charge in [0.25, 0.3) is 0 Å². The normalized spacial score (nSPS) is 13.9. The third kappa shape index (κ3) is 2.60. The molecule has 1 aromatic carbocycles. The van der Waals surface area contributed by atoms with E-state index in [2.05, 4.69) is 0 Å². The lowest BCUT2D eigenvalue weighted by Crippen LogP contribution is -2.16. The molecule has 1 aromatic rings. The lowest BCUT2D eigenvalue weighted by atomic mass is 10.0. The van der Waals surface area contributed by atoms with Crippen LogP contribution in [0.1, 0.15) is 17.2 Å². The van der Waals surface area contributed by atoms with Crippen molar-refractivity contribution in [2.75, 3.05) is 6.61 Å². The van der Waals surface area contributed by atoms with Gasteiger partial charge in [-0.25, -0.2) is 0 Å². The van der Waals surface area contributed by atoms with Gasteiger partial charge in [-0.15, -0.1) is 0 Å². The summed E-state index contributed by atoms with van der Waals surface area (Å²) in [7, 11) is 0. The zero-order chi connectivity index (χ0) is 11.6. The van der Waals surface area contributed by atoms with Crippen molar-refractivity contribution in [1.82, 2.24) is 0 Å². The molecule has 0 radical (unpaired) electrons. The molecule has 3 nitrogen and oxygen atoms in total. The first-order valence-electron chi connectivity index (χ1n) is 4.13. The lowest BCUT2D eigenvalue weighted by molar-refractivity contribution is -0.138. The van der Waals surface area contributed by atoms with Crippen LogP contribution in [0.4, 0.5) is 13.2 Å². The SMILES string of the molecule is NC(CO)c1ccc(O)c(C(F)(F)F)c1. The number of benzene rings is 1. The number of phenolic OH excluding ortho intramolecular Hbond substituents is 1. The molecule has 0 aliphatic rings. The summed E-state index contributed by atoms with van der Waals surface area (Å²) in [4.78, 5) is 0. The van der Waals surface area contributed by atoms with Crippen LogP contribution in [0.2, 0.25) is 0 Å². The van der Waals surface area contributed by atoms with Crippen molar-refractivity contribution in [3.8, 4) is 5.75 Å². The molecule has 1 atom stereocenters. The standard InChI is InChI=1S/C9H10F3NO2/c10-9(11,12)6-3-5(7(13)4-14)1-2-8(6)15/h1-3,7,14-15H,4,13H2. The predicted molar refractivity (Wildman–Crippen MR) is 47.1 cm³/mol. The van der Waals surface area contributed by atoms with Gasteiger partial charge in [-0.3, -0.25) is 0 Å². The minimum Gasteiger partial charge on any atom is -0.507 e. The van der Waals surface area contributed by atoms with Gasteiger partial charge in [0.05, 0.1) is 18.2 Å².